The number of hydrogen-bond acceptors (Lipinski definition) is 1. The molecule has 1 aromatic heterocycles. The number of hydrogen-bond donors (Lipinski definition) is 2. The van der Waals surface area contributed by atoms with Gasteiger partial charge in [-0.15, -0.1) is 19.0 Å². The maximum absolute atomic E-state index is 6.22. The van der Waals surface area contributed by atoms with Crippen molar-refractivity contribution in [2.75, 3.05) is 0 Å². The molecule has 3 N–H and O–H groups in total. The van der Waals surface area contributed by atoms with Crippen LogP contribution in [0.5, 0.6) is 0 Å². The Morgan fingerprint density at radius 1 is 1.41 bits per heavy atom. The predicted molar refractivity (Wildman–Crippen MR) is 76.6 cm³/mol. The van der Waals surface area contributed by atoms with Crippen LogP contribution in [0.3, 0.4) is 0 Å². The van der Waals surface area contributed by atoms with E-state index in [1.54, 1.807) is 0 Å². The molecule has 0 saturated heterocycles. The van der Waals surface area contributed by atoms with E-state index in [9.17, 15) is 0 Å². The van der Waals surface area contributed by atoms with Crippen LogP contribution in [0.25, 0.3) is 10.9 Å². The molecule has 3 heteroatoms. The third kappa shape index (κ3) is 2.71. The summed E-state index contributed by atoms with van der Waals surface area (Å²) in [6.45, 7) is 5.82. The zero-order valence-electron chi connectivity index (χ0n) is 10.1. The van der Waals surface area contributed by atoms with E-state index in [0.717, 1.165) is 12.8 Å². The fourth-order valence-electron chi connectivity index (χ4n) is 2.22. The Kier molecular flexibility index (Phi) is 4.79. The number of aryl methyl sites for hydroxylation is 1. The highest BCUT2D eigenvalue weighted by Crippen LogP contribution is 2.28. The SMILES string of the molecule is C=CCC[C@H](N)c1c(C)[nH]c2ccccc12.Cl. The van der Waals surface area contributed by atoms with Gasteiger partial charge >= 0.3 is 0 Å². The molecule has 0 aliphatic carbocycles. The van der Waals surface area contributed by atoms with Gasteiger partial charge in [0, 0.05) is 22.6 Å². The second kappa shape index (κ2) is 5.89. The van der Waals surface area contributed by atoms with Crippen LogP contribution in [0, 0.1) is 6.92 Å². The first-order chi connectivity index (χ1) is 7.74. The van der Waals surface area contributed by atoms with Gasteiger partial charge in [-0.25, -0.2) is 0 Å². The number of nitrogens with one attached hydrogen (secondary N) is 1. The highest BCUT2D eigenvalue weighted by molar-refractivity contribution is 5.85. The number of aromatic nitrogens is 1. The van der Waals surface area contributed by atoms with Crippen LogP contribution in [-0.4, -0.2) is 4.98 Å². The smallest absolute Gasteiger partial charge is 0.0459 e. The number of rotatable bonds is 4. The monoisotopic (exact) mass is 250 g/mol. The van der Waals surface area contributed by atoms with Crippen molar-refractivity contribution >= 4 is 23.3 Å². The maximum Gasteiger partial charge on any atom is 0.0459 e. The molecule has 0 saturated carbocycles. The molecule has 92 valence electrons. The summed E-state index contributed by atoms with van der Waals surface area (Å²) in [5, 5.41) is 1.25. The maximum atomic E-state index is 6.22. The first kappa shape index (κ1) is 13.8. The third-order valence-electron chi connectivity index (χ3n) is 3.00. The average molecular weight is 251 g/mol. The number of allylic oxidation sites excluding steroid dienone is 1. The van der Waals surface area contributed by atoms with Crippen molar-refractivity contribution in [3.63, 3.8) is 0 Å². The van der Waals surface area contributed by atoms with Gasteiger partial charge in [0.15, 0.2) is 0 Å². The summed E-state index contributed by atoms with van der Waals surface area (Å²) < 4.78 is 0. The molecule has 2 aromatic rings. The lowest BCUT2D eigenvalue weighted by Gasteiger charge is -2.10. The fourth-order valence-corrected chi connectivity index (χ4v) is 2.22. The van der Waals surface area contributed by atoms with Crippen molar-refractivity contribution in [1.82, 2.24) is 4.98 Å². The molecular formula is C14H19ClN2. The number of fused-ring (bicyclic) bond motifs is 1. The minimum absolute atomic E-state index is 0. The molecule has 0 spiro atoms. The molecule has 2 nitrogen and oxygen atoms in total. The Hall–Kier alpha value is -1.25. The Morgan fingerprint density at radius 3 is 2.82 bits per heavy atom. The van der Waals surface area contributed by atoms with Gasteiger partial charge in [0.25, 0.3) is 0 Å². The van der Waals surface area contributed by atoms with Gasteiger partial charge < -0.3 is 10.7 Å². The minimum Gasteiger partial charge on any atom is -0.358 e. The highest BCUT2D eigenvalue weighted by Gasteiger charge is 2.14. The average Bonchev–Trinajstić information content (AvgIpc) is 2.62. The van der Waals surface area contributed by atoms with Gasteiger partial charge in [-0.3, -0.25) is 0 Å². The first-order valence-corrected chi connectivity index (χ1v) is 5.67. The van der Waals surface area contributed by atoms with Gasteiger partial charge in [0.1, 0.15) is 0 Å². The molecule has 1 heterocycles. The van der Waals surface area contributed by atoms with Gasteiger partial charge in [0.05, 0.1) is 0 Å². The summed E-state index contributed by atoms with van der Waals surface area (Å²) >= 11 is 0. The van der Waals surface area contributed by atoms with Crippen LogP contribution in [0.4, 0.5) is 0 Å². The lowest BCUT2D eigenvalue weighted by atomic mass is 10.00. The quantitative estimate of drug-likeness (QED) is 0.795. The van der Waals surface area contributed by atoms with Crippen molar-refractivity contribution in [2.24, 2.45) is 5.73 Å². The van der Waals surface area contributed by atoms with Crippen molar-refractivity contribution in [3.8, 4) is 0 Å². The molecule has 1 atom stereocenters. The Labute approximate surface area is 108 Å². The van der Waals surface area contributed by atoms with E-state index in [1.807, 2.05) is 12.1 Å². The summed E-state index contributed by atoms with van der Waals surface area (Å²) in [6.07, 6.45) is 3.83. The molecule has 0 bridgehead atoms. The van der Waals surface area contributed by atoms with E-state index in [0.29, 0.717) is 0 Å². The zero-order valence-corrected chi connectivity index (χ0v) is 10.9. The zero-order chi connectivity index (χ0) is 11.5. The second-order valence-corrected chi connectivity index (χ2v) is 4.18. The molecule has 0 fully saturated rings. The van der Waals surface area contributed by atoms with Crippen molar-refractivity contribution in [2.45, 2.75) is 25.8 Å². The van der Waals surface area contributed by atoms with Crippen LogP contribution < -0.4 is 5.73 Å². The molecule has 2 rings (SSSR count). The summed E-state index contributed by atoms with van der Waals surface area (Å²) in [5.74, 6) is 0. The highest BCUT2D eigenvalue weighted by atomic mass is 35.5. The molecular weight excluding hydrogens is 232 g/mol. The van der Waals surface area contributed by atoms with Crippen LogP contribution in [0.15, 0.2) is 36.9 Å². The molecule has 17 heavy (non-hydrogen) atoms. The fraction of sp³-hybridized carbons (Fsp3) is 0.286. The Morgan fingerprint density at radius 2 is 2.12 bits per heavy atom. The molecule has 0 unspecified atom stereocenters. The van der Waals surface area contributed by atoms with Crippen molar-refractivity contribution in [3.05, 3.63) is 48.2 Å². The normalized spacial score (nSPS) is 12.1. The van der Waals surface area contributed by atoms with Crippen LogP contribution >= 0.6 is 12.4 Å². The first-order valence-electron chi connectivity index (χ1n) is 5.67. The van der Waals surface area contributed by atoms with Crippen molar-refractivity contribution in [1.29, 1.82) is 0 Å². The topological polar surface area (TPSA) is 41.8 Å². The van der Waals surface area contributed by atoms with Gasteiger partial charge in [0.2, 0.25) is 0 Å². The molecule has 0 aliphatic rings. The number of H-pyrrole nitrogens is 1. The van der Waals surface area contributed by atoms with E-state index >= 15 is 0 Å². The van der Waals surface area contributed by atoms with E-state index in [2.05, 4.69) is 36.7 Å². The van der Waals surface area contributed by atoms with Crippen LogP contribution in [-0.2, 0) is 0 Å². The number of aromatic amines is 1. The summed E-state index contributed by atoms with van der Waals surface area (Å²) in [4.78, 5) is 3.38. The van der Waals surface area contributed by atoms with Crippen LogP contribution in [0.2, 0.25) is 0 Å². The lowest BCUT2D eigenvalue weighted by molar-refractivity contribution is 0.662. The molecule has 1 aromatic carbocycles. The lowest BCUT2D eigenvalue weighted by Crippen LogP contribution is -2.10. The van der Waals surface area contributed by atoms with Gasteiger partial charge in [-0.05, 0) is 31.4 Å². The summed E-state index contributed by atoms with van der Waals surface area (Å²) in [5.41, 5.74) is 9.82. The molecule has 0 aliphatic heterocycles. The Bertz CT molecular complexity index is 502. The van der Waals surface area contributed by atoms with E-state index in [4.69, 9.17) is 5.73 Å². The third-order valence-corrected chi connectivity index (χ3v) is 3.00. The second-order valence-electron chi connectivity index (χ2n) is 4.18. The van der Waals surface area contributed by atoms with Crippen LogP contribution in [0.1, 0.15) is 30.1 Å². The summed E-state index contributed by atoms with van der Waals surface area (Å²) in [7, 11) is 0. The van der Waals surface area contributed by atoms with E-state index in [-0.39, 0.29) is 18.4 Å². The number of halogens is 1. The minimum atomic E-state index is 0. The summed E-state index contributed by atoms with van der Waals surface area (Å²) in [6, 6.07) is 8.40. The predicted octanol–water partition coefficient (Wildman–Crippen LogP) is 3.86. The van der Waals surface area contributed by atoms with E-state index < -0.39 is 0 Å². The largest absolute Gasteiger partial charge is 0.358 e. The van der Waals surface area contributed by atoms with Gasteiger partial charge in [-0.2, -0.15) is 0 Å². The van der Waals surface area contributed by atoms with Gasteiger partial charge in [-0.1, -0.05) is 24.3 Å². The number of nitrogens with two attached hydrogens (primary N) is 1. The van der Waals surface area contributed by atoms with Crippen molar-refractivity contribution < 1.29 is 0 Å². The molecule has 0 amide bonds. The number of para-hydroxylation sites is 1. The van der Waals surface area contributed by atoms with E-state index in [1.165, 1.54) is 22.2 Å². The standard InChI is InChI=1S/C14H18N2.ClH/c1-3-4-8-12(15)14-10(2)16-13-9-6-5-7-11(13)14;/h3,5-7,9,12,16H,1,4,8,15H2,2H3;1H/t12-;/m0./s1. The Balaban J connectivity index is 0.00000144. The number of benzene rings is 1. The molecule has 0 radical (unpaired) electrons.